The van der Waals surface area contributed by atoms with Crippen LogP contribution in [0.25, 0.3) is 0 Å². The first kappa shape index (κ1) is 13.8. The zero-order valence-corrected chi connectivity index (χ0v) is 11.4. The molecule has 0 aromatic heterocycles. The Labute approximate surface area is 109 Å². The van der Waals surface area contributed by atoms with Crippen molar-refractivity contribution in [2.75, 3.05) is 33.9 Å². The molecule has 0 bridgehead atoms. The van der Waals surface area contributed by atoms with Gasteiger partial charge in [0.05, 0.1) is 6.04 Å². The van der Waals surface area contributed by atoms with Crippen LogP contribution in [0.15, 0.2) is 0 Å². The van der Waals surface area contributed by atoms with E-state index in [1.807, 2.05) is 4.90 Å². The number of amides is 1. The molecule has 104 valence electrons. The van der Waals surface area contributed by atoms with Crippen LogP contribution in [0.4, 0.5) is 0 Å². The van der Waals surface area contributed by atoms with Gasteiger partial charge in [-0.3, -0.25) is 4.79 Å². The Hall–Kier alpha value is -0.650. The third-order valence-corrected chi connectivity index (χ3v) is 3.99. The first-order chi connectivity index (χ1) is 8.76. The van der Waals surface area contributed by atoms with Crippen molar-refractivity contribution in [3.05, 3.63) is 0 Å². The van der Waals surface area contributed by atoms with Gasteiger partial charge in [-0.15, -0.1) is 0 Å². The van der Waals surface area contributed by atoms with Crippen LogP contribution < -0.4 is 5.32 Å². The van der Waals surface area contributed by atoms with Crippen LogP contribution in [0.5, 0.6) is 0 Å². The van der Waals surface area contributed by atoms with E-state index in [-0.39, 0.29) is 24.2 Å². The quantitative estimate of drug-likeness (QED) is 0.793. The highest BCUT2D eigenvalue weighted by Crippen LogP contribution is 2.18. The van der Waals surface area contributed by atoms with Crippen LogP contribution in [0.2, 0.25) is 0 Å². The number of hydrogen-bond donors (Lipinski definition) is 1. The van der Waals surface area contributed by atoms with E-state index in [1.54, 1.807) is 14.2 Å². The first-order valence-corrected chi connectivity index (χ1v) is 6.84. The SMILES string of the molecule is COC1CN(C(=O)C2CCCCCN2)CC1OC. The fourth-order valence-electron chi connectivity index (χ4n) is 2.84. The number of carbonyl (C=O) groups excluding carboxylic acids is 1. The molecule has 1 amide bonds. The van der Waals surface area contributed by atoms with Crippen molar-refractivity contribution in [3.8, 4) is 0 Å². The summed E-state index contributed by atoms with van der Waals surface area (Å²) in [5, 5.41) is 3.35. The molecular formula is C13H24N2O3. The molecule has 2 saturated heterocycles. The lowest BCUT2D eigenvalue weighted by atomic mass is 10.1. The molecule has 2 aliphatic rings. The number of likely N-dealkylation sites (tertiary alicyclic amines) is 1. The summed E-state index contributed by atoms with van der Waals surface area (Å²) in [7, 11) is 3.35. The molecule has 2 fully saturated rings. The van der Waals surface area contributed by atoms with Gasteiger partial charge >= 0.3 is 0 Å². The molecule has 2 rings (SSSR count). The summed E-state index contributed by atoms with van der Waals surface area (Å²) in [6, 6.07) is -0.0133. The van der Waals surface area contributed by atoms with Gasteiger partial charge in [-0.05, 0) is 19.4 Å². The van der Waals surface area contributed by atoms with Gasteiger partial charge in [0.1, 0.15) is 12.2 Å². The van der Waals surface area contributed by atoms with Crippen molar-refractivity contribution in [1.82, 2.24) is 10.2 Å². The normalized spacial score (nSPS) is 33.4. The van der Waals surface area contributed by atoms with E-state index in [4.69, 9.17) is 9.47 Å². The molecule has 2 heterocycles. The number of carbonyl (C=O) groups is 1. The predicted molar refractivity (Wildman–Crippen MR) is 68.4 cm³/mol. The molecule has 0 aromatic rings. The lowest BCUT2D eigenvalue weighted by Crippen LogP contribution is -2.45. The average molecular weight is 256 g/mol. The van der Waals surface area contributed by atoms with Crippen LogP contribution in [0.3, 0.4) is 0 Å². The van der Waals surface area contributed by atoms with E-state index >= 15 is 0 Å². The topological polar surface area (TPSA) is 50.8 Å². The Kier molecular flexibility index (Phi) is 4.97. The van der Waals surface area contributed by atoms with Crippen LogP contribution in [0.1, 0.15) is 25.7 Å². The van der Waals surface area contributed by atoms with E-state index in [2.05, 4.69) is 5.32 Å². The van der Waals surface area contributed by atoms with Crippen molar-refractivity contribution >= 4 is 5.91 Å². The van der Waals surface area contributed by atoms with Gasteiger partial charge in [-0.25, -0.2) is 0 Å². The minimum Gasteiger partial charge on any atom is -0.377 e. The maximum Gasteiger partial charge on any atom is 0.239 e. The molecule has 0 aliphatic carbocycles. The van der Waals surface area contributed by atoms with Gasteiger partial charge in [0.25, 0.3) is 0 Å². The number of methoxy groups -OCH3 is 2. The van der Waals surface area contributed by atoms with Crippen molar-refractivity contribution in [1.29, 1.82) is 0 Å². The van der Waals surface area contributed by atoms with E-state index in [0.29, 0.717) is 13.1 Å². The monoisotopic (exact) mass is 256 g/mol. The molecule has 5 nitrogen and oxygen atoms in total. The Balaban J connectivity index is 1.92. The Morgan fingerprint density at radius 2 is 1.78 bits per heavy atom. The van der Waals surface area contributed by atoms with Gasteiger partial charge < -0.3 is 19.7 Å². The zero-order chi connectivity index (χ0) is 13.0. The number of hydrogen-bond acceptors (Lipinski definition) is 4. The maximum absolute atomic E-state index is 12.4. The molecular weight excluding hydrogens is 232 g/mol. The van der Waals surface area contributed by atoms with E-state index in [0.717, 1.165) is 19.4 Å². The number of nitrogens with zero attached hydrogens (tertiary/aromatic N) is 1. The smallest absolute Gasteiger partial charge is 0.239 e. The van der Waals surface area contributed by atoms with E-state index in [1.165, 1.54) is 12.8 Å². The predicted octanol–water partition coefficient (Wildman–Crippen LogP) is 0.391. The highest BCUT2D eigenvalue weighted by Gasteiger charge is 2.37. The van der Waals surface area contributed by atoms with Crippen molar-refractivity contribution < 1.29 is 14.3 Å². The van der Waals surface area contributed by atoms with Crippen molar-refractivity contribution in [3.63, 3.8) is 0 Å². The minimum atomic E-state index is -0.0133. The van der Waals surface area contributed by atoms with Gasteiger partial charge in [0.2, 0.25) is 5.91 Å². The molecule has 3 atom stereocenters. The van der Waals surface area contributed by atoms with Gasteiger partial charge in [0.15, 0.2) is 0 Å². The molecule has 5 heteroatoms. The highest BCUT2D eigenvalue weighted by atomic mass is 16.5. The van der Waals surface area contributed by atoms with E-state index < -0.39 is 0 Å². The summed E-state index contributed by atoms with van der Waals surface area (Å²) in [4.78, 5) is 14.3. The first-order valence-electron chi connectivity index (χ1n) is 6.84. The largest absolute Gasteiger partial charge is 0.377 e. The van der Waals surface area contributed by atoms with Crippen LogP contribution >= 0.6 is 0 Å². The summed E-state index contributed by atoms with van der Waals surface area (Å²) in [6.45, 7) is 2.24. The lowest BCUT2D eigenvalue weighted by molar-refractivity contribution is -0.133. The van der Waals surface area contributed by atoms with Crippen LogP contribution in [-0.2, 0) is 14.3 Å². The molecule has 0 radical (unpaired) electrons. The summed E-state index contributed by atoms with van der Waals surface area (Å²) >= 11 is 0. The van der Waals surface area contributed by atoms with Gasteiger partial charge in [0, 0.05) is 27.3 Å². The summed E-state index contributed by atoms with van der Waals surface area (Å²) in [5.74, 6) is 0.207. The Morgan fingerprint density at radius 3 is 2.39 bits per heavy atom. The number of rotatable bonds is 3. The molecule has 18 heavy (non-hydrogen) atoms. The number of ether oxygens (including phenoxy) is 2. The highest BCUT2D eigenvalue weighted by molar-refractivity contribution is 5.82. The Morgan fingerprint density at radius 1 is 1.11 bits per heavy atom. The summed E-state index contributed by atoms with van der Waals surface area (Å²) in [6.07, 6.45) is 4.49. The van der Waals surface area contributed by atoms with Crippen molar-refractivity contribution in [2.45, 2.75) is 43.9 Å². The average Bonchev–Trinajstić information content (AvgIpc) is 2.63. The van der Waals surface area contributed by atoms with Gasteiger partial charge in [-0.1, -0.05) is 12.8 Å². The molecule has 3 unspecified atom stereocenters. The summed E-state index contributed by atoms with van der Waals surface area (Å²) < 4.78 is 10.7. The minimum absolute atomic E-state index is 0.00438. The van der Waals surface area contributed by atoms with Gasteiger partial charge in [-0.2, -0.15) is 0 Å². The second-order valence-electron chi connectivity index (χ2n) is 5.15. The lowest BCUT2D eigenvalue weighted by Gasteiger charge is -2.22. The summed E-state index contributed by atoms with van der Waals surface area (Å²) in [5.41, 5.74) is 0. The second-order valence-corrected chi connectivity index (χ2v) is 5.15. The molecule has 1 N–H and O–H groups in total. The zero-order valence-electron chi connectivity index (χ0n) is 11.4. The third-order valence-electron chi connectivity index (χ3n) is 3.99. The van der Waals surface area contributed by atoms with E-state index in [9.17, 15) is 4.79 Å². The fourth-order valence-corrected chi connectivity index (χ4v) is 2.84. The fraction of sp³-hybridized carbons (Fsp3) is 0.923. The van der Waals surface area contributed by atoms with Crippen LogP contribution in [0, 0.1) is 0 Å². The number of nitrogens with one attached hydrogen (secondary N) is 1. The second kappa shape index (κ2) is 6.50. The molecule has 2 aliphatic heterocycles. The van der Waals surface area contributed by atoms with Crippen LogP contribution in [-0.4, -0.2) is 62.9 Å². The molecule has 0 saturated carbocycles. The Bertz CT molecular complexity index is 265. The van der Waals surface area contributed by atoms with Crippen molar-refractivity contribution in [2.24, 2.45) is 0 Å². The standard InChI is InChI=1S/C13H24N2O3/c1-17-11-8-15(9-12(11)18-2)13(16)10-6-4-3-5-7-14-10/h10-12,14H,3-9H2,1-2H3. The maximum atomic E-state index is 12.4. The molecule has 0 aromatic carbocycles. The third kappa shape index (κ3) is 3.02. The molecule has 0 spiro atoms.